The minimum absolute atomic E-state index is 0.822. The summed E-state index contributed by atoms with van der Waals surface area (Å²) >= 11 is 0. The van der Waals surface area contributed by atoms with Crippen LogP contribution >= 0.6 is 0 Å². The molecular weight excluding hydrogens is 204 g/mol. The molecule has 0 fully saturated rings. The zero-order valence-electron chi connectivity index (χ0n) is 10.3. The lowest BCUT2D eigenvalue weighted by Gasteiger charge is -2.02. The van der Waals surface area contributed by atoms with Gasteiger partial charge in [0.2, 0.25) is 0 Å². The Morgan fingerprint density at radius 1 is 0.941 bits per heavy atom. The highest BCUT2D eigenvalue weighted by Gasteiger charge is 1.95. The van der Waals surface area contributed by atoms with Crippen molar-refractivity contribution >= 4 is 0 Å². The van der Waals surface area contributed by atoms with Crippen molar-refractivity contribution in [3.05, 3.63) is 70.8 Å². The standard InChI is InChI=1S/C17H16/c1-14-11-12-15(2)17(13-14)10-6-9-16-7-4-3-5-8-16/h3-5,7-8,11-13H,10H2,1-2H3. The number of hydrogen-bond donors (Lipinski definition) is 0. The Morgan fingerprint density at radius 2 is 1.71 bits per heavy atom. The van der Waals surface area contributed by atoms with Crippen LogP contribution in [0.5, 0.6) is 0 Å². The third-order valence-electron chi connectivity index (χ3n) is 2.79. The summed E-state index contributed by atoms with van der Waals surface area (Å²) in [4.78, 5) is 0. The number of hydrogen-bond acceptors (Lipinski definition) is 0. The maximum absolute atomic E-state index is 3.24. The Bertz CT molecular complexity index is 554. The number of rotatable bonds is 1. The summed E-state index contributed by atoms with van der Waals surface area (Å²) < 4.78 is 0. The van der Waals surface area contributed by atoms with Crippen LogP contribution in [0.3, 0.4) is 0 Å². The second kappa shape index (κ2) is 5.37. The van der Waals surface area contributed by atoms with E-state index in [0.717, 1.165) is 12.0 Å². The summed E-state index contributed by atoms with van der Waals surface area (Å²) in [6, 6.07) is 16.6. The monoisotopic (exact) mass is 220 g/mol. The largest absolute Gasteiger partial charge is 0.0931 e. The average Bonchev–Trinajstić information content (AvgIpc) is 2.35. The molecule has 0 aliphatic carbocycles. The zero-order valence-corrected chi connectivity index (χ0v) is 10.3. The molecule has 2 aromatic rings. The molecule has 2 rings (SSSR count). The highest BCUT2D eigenvalue weighted by Crippen LogP contribution is 2.10. The maximum Gasteiger partial charge on any atom is 0.0346 e. The van der Waals surface area contributed by atoms with Gasteiger partial charge in [0, 0.05) is 12.0 Å². The zero-order chi connectivity index (χ0) is 12.1. The predicted octanol–water partition coefficient (Wildman–Crippen LogP) is 3.90. The van der Waals surface area contributed by atoms with Crippen LogP contribution in [0, 0.1) is 25.7 Å². The van der Waals surface area contributed by atoms with Crippen LogP contribution in [0.2, 0.25) is 0 Å². The van der Waals surface area contributed by atoms with Crippen molar-refractivity contribution in [2.75, 3.05) is 0 Å². The molecule has 0 heteroatoms. The predicted molar refractivity (Wildman–Crippen MR) is 72.9 cm³/mol. The Kier molecular flexibility index (Phi) is 3.62. The molecule has 0 unspecified atom stereocenters. The molecule has 0 saturated carbocycles. The van der Waals surface area contributed by atoms with Gasteiger partial charge in [0.25, 0.3) is 0 Å². The van der Waals surface area contributed by atoms with Gasteiger partial charge in [0.1, 0.15) is 0 Å². The summed E-state index contributed by atoms with van der Waals surface area (Å²) in [5, 5.41) is 0. The van der Waals surface area contributed by atoms with Gasteiger partial charge in [-0.2, -0.15) is 0 Å². The lowest BCUT2D eigenvalue weighted by Crippen LogP contribution is -1.88. The maximum atomic E-state index is 3.24. The second-order valence-electron chi connectivity index (χ2n) is 4.27. The van der Waals surface area contributed by atoms with Crippen LogP contribution in [0.15, 0.2) is 48.5 Å². The number of aryl methyl sites for hydroxylation is 2. The van der Waals surface area contributed by atoms with E-state index in [-0.39, 0.29) is 0 Å². The lowest BCUT2D eigenvalue weighted by atomic mass is 10.0. The summed E-state index contributed by atoms with van der Waals surface area (Å²) in [5.41, 5.74) is 5.02. The smallest absolute Gasteiger partial charge is 0.0346 e. The van der Waals surface area contributed by atoms with Crippen LogP contribution in [0.4, 0.5) is 0 Å². The van der Waals surface area contributed by atoms with Crippen LogP contribution in [-0.2, 0) is 6.42 Å². The van der Waals surface area contributed by atoms with E-state index in [0.29, 0.717) is 0 Å². The first-order valence-electron chi connectivity index (χ1n) is 5.86. The van der Waals surface area contributed by atoms with Crippen LogP contribution in [0.1, 0.15) is 22.3 Å². The van der Waals surface area contributed by atoms with E-state index >= 15 is 0 Å². The Labute approximate surface area is 103 Å². The molecule has 2 aromatic carbocycles. The van der Waals surface area contributed by atoms with Crippen molar-refractivity contribution in [1.82, 2.24) is 0 Å². The molecule has 0 saturated heterocycles. The van der Waals surface area contributed by atoms with Crippen molar-refractivity contribution < 1.29 is 0 Å². The van der Waals surface area contributed by atoms with Gasteiger partial charge >= 0.3 is 0 Å². The van der Waals surface area contributed by atoms with Crippen molar-refractivity contribution in [3.8, 4) is 11.8 Å². The van der Waals surface area contributed by atoms with Crippen molar-refractivity contribution in [3.63, 3.8) is 0 Å². The Balaban J connectivity index is 2.13. The van der Waals surface area contributed by atoms with Gasteiger partial charge < -0.3 is 0 Å². The Morgan fingerprint density at radius 3 is 2.47 bits per heavy atom. The normalized spacial score (nSPS) is 9.53. The first-order valence-corrected chi connectivity index (χ1v) is 5.86. The molecule has 0 aliphatic heterocycles. The molecule has 0 heterocycles. The average molecular weight is 220 g/mol. The molecule has 0 aromatic heterocycles. The fourth-order valence-electron chi connectivity index (χ4n) is 1.75. The fraction of sp³-hybridized carbons (Fsp3) is 0.176. The van der Waals surface area contributed by atoms with E-state index in [1.165, 1.54) is 16.7 Å². The molecule has 0 atom stereocenters. The fourth-order valence-corrected chi connectivity index (χ4v) is 1.75. The topological polar surface area (TPSA) is 0 Å². The highest BCUT2D eigenvalue weighted by atomic mass is 14.0. The highest BCUT2D eigenvalue weighted by molar-refractivity contribution is 5.37. The summed E-state index contributed by atoms with van der Waals surface area (Å²) in [5.74, 6) is 6.43. The molecule has 17 heavy (non-hydrogen) atoms. The first kappa shape index (κ1) is 11.5. The summed E-state index contributed by atoms with van der Waals surface area (Å²) in [6.45, 7) is 4.26. The van der Waals surface area contributed by atoms with Crippen LogP contribution in [-0.4, -0.2) is 0 Å². The minimum Gasteiger partial charge on any atom is -0.0931 e. The molecular formula is C17H16. The second-order valence-corrected chi connectivity index (χ2v) is 4.27. The van der Waals surface area contributed by atoms with Gasteiger partial charge in [0.05, 0.1) is 0 Å². The van der Waals surface area contributed by atoms with E-state index in [4.69, 9.17) is 0 Å². The third-order valence-corrected chi connectivity index (χ3v) is 2.79. The van der Waals surface area contributed by atoms with E-state index in [2.05, 4.69) is 43.9 Å². The lowest BCUT2D eigenvalue weighted by molar-refractivity contribution is 1.22. The van der Waals surface area contributed by atoms with Gasteiger partial charge in [-0.15, -0.1) is 0 Å². The molecule has 0 amide bonds. The van der Waals surface area contributed by atoms with Gasteiger partial charge in [0.15, 0.2) is 0 Å². The van der Waals surface area contributed by atoms with Gasteiger partial charge in [-0.1, -0.05) is 53.8 Å². The number of benzene rings is 2. The third kappa shape index (κ3) is 3.23. The first-order chi connectivity index (χ1) is 8.25. The molecule has 0 nitrogen and oxygen atoms in total. The van der Waals surface area contributed by atoms with E-state index in [1.807, 2.05) is 30.3 Å². The van der Waals surface area contributed by atoms with E-state index in [1.54, 1.807) is 0 Å². The van der Waals surface area contributed by atoms with E-state index < -0.39 is 0 Å². The van der Waals surface area contributed by atoms with Crippen LogP contribution in [0.25, 0.3) is 0 Å². The van der Waals surface area contributed by atoms with Gasteiger partial charge in [-0.3, -0.25) is 0 Å². The summed E-state index contributed by atoms with van der Waals surface area (Å²) in [6.07, 6.45) is 0.822. The molecule has 0 bridgehead atoms. The quantitative estimate of drug-likeness (QED) is 0.639. The van der Waals surface area contributed by atoms with Crippen molar-refractivity contribution in [2.45, 2.75) is 20.3 Å². The SMILES string of the molecule is Cc1ccc(C)c(CC#Cc2ccccc2)c1. The van der Waals surface area contributed by atoms with Crippen LogP contribution < -0.4 is 0 Å². The molecule has 0 radical (unpaired) electrons. The van der Waals surface area contributed by atoms with Crippen molar-refractivity contribution in [2.24, 2.45) is 0 Å². The molecule has 0 spiro atoms. The summed E-state index contributed by atoms with van der Waals surface area (Å²) in [7, 11) is 0. The molecule has 0 aliphatic rings. The Hall–Kier alpha value is -2.00. The van der Waals surface area contributed by atoms with E-state index in [9.17, 15) is 0 Å². The molecule has 84 valence electrons. The van der Waals surface area contributed by atoms with Gasteiger partial charge in [-0.05, 0) is 37.1 Å². The minimum atomic E-state index is 0.822. The van der Waals surface area contributed by atoms with Crippen molar-refractivity contribution in [1.29, 1.82) is 0 Å². The van der Waals surface area contributed by atoms with Gasteiger partial charge in [-0.25, -0.2) is 0 Å². The molecule has 0 N–H and O–H groups in total.